The lowest BCUT2D eigenvalue weighted by Gasteiger charge is -2.10. The number of hydrogen-bond acceptors (Lipinski definition) is 4. The first-order valence-corrected chi connectivity index (χ1v) is 9.69. The van der Waals surface area contributed by atoms with Crippen LogP contribution in [0.25, 0.3) is 0 Å². The maximum atomic E-state index is 12.2. The minimum absolute atomic E-state index is 0.206. The number of aliphatic hydroxyl groups excluding tert-OH is 1. The lowest BCUT2D eigenvalue weighted by Crippen LogP contribution is -2.25. The van der Waals surface area contributed by atoms with Crippen LogP contribution < -0.4 is 4.72 Å². The van der Waals surface area contributed by atoms with Crippen molar-refractivity contribution in [3.05, 3.63) is 52.2 Å². The standard InChI is InChI=1S/C16H21NO3S2/c1-2-4-13-6-8-14(9-7-13)22(19,20)17-11-10-15(18)16-5-3-12-21-16/h3,5-9,12,15,17-18H,2,4,10-11H2,1H3. The summed E-state index contributed by atoms with van der Waals surface area (Å²) in [7, 11) is -3.51. The summed E-state index contributed by atoms with van der Waals surface area (Å²) < 4.78 is 26.9. The molecule has 0 bridgehead atoms. The van der Waals surface area contributed by atoms with Crippen LogP contribution in [0, 0.1) is 0 Å². The minimum atomic E-state index is -3.51. The molecule has 1 aromatic carbocycles. The first-order chi connectivity index (χ1) is 10.5. The van der Waals surface area contributed by atoms with Gasteiger partial charge in [0.15, 0.2) is 0 Å². The van der Waals surface area contributed by atoms with Crippen molar-refractivity contribution < 1.29 is 13.5 Å². The van der Waals surface area contributed by atoms with Crippen LogP contribution >= 0.6 is 11.3 Å². The molecular formula is C16H21NO3S2. The zero-order valence-electron chi connectivity index (χ0n) is 12.5. The van der Waals surface area contributed by atoms with Crippen molar-refractivity contribution in [1.82, 2.24) is 4.72 Å². The van der Waals surface area contributed by atoms with Crippen molar-refractivity contribution in [2.45, 2.75) is 37.2 Å². The number of aliphatic hydroxyl groups is 1. The fourth-order valence-corrected chi connectivity index (χ4v) is 3.95. The fraction of sp³-hybridized carbons (Fsp3) is 0.375. The van der Waals surface area contributed by atoms with Gasteiger partial charge in [-0.05, 0) is 42.0 Å². The molecule has 0 saturated carbocycles. The molecule has 0 saturated heterocycles. The predicted octanol–water partition coefficient (Wildman–Crippen LogP) is 3.10. The Morgan fingerprint density at radius 1 is 1.23 bits per heavy atom. The van der Waals surface area contributed by atoms with Gasteiger partial charge in [0.2, 0.25) is 10.0 Å². The highest BCUT2D eigenvalue weighted by Gasteiger charge is 2.15. The maximum absolute atomic E-state index is 12.2. The van der Waals surface area contributed by atoms with Gasteiger partial charge in [-0.2, -0.15) is 0 Å². The highest BCUT2D eigenvalue weighted by Crippen LogP contribution is 2.21. The van der Waals surface area contributed by atoms with Gasteiger partial charge in [-0.15, -0.1) is 11.3 Å². The van der Waals surface area contributed by atoms with Gasteiger partial charge in [-0.1, -0.05) is 31.5 Å². The minimum Gasteiger partial charge on any atom is -0.388 e. The Labute approximate surface area is 135 Å². The molecule has 120 valence electrons. The summed E-state index contributed by atoms with van der Waals surface area (Å²) in [6.45, 7) is 2.29. The average Bonchev–Trinajstić information content (AvgIpc) is 3.02. The van der Waals surface area contributed by atoms with Crippen molar-refractivity contribution in [2.24, 2.45) is 0 Å². The van der Waals surface area contributed by atoms with Crippen LogP contribution in [0.4, 0.5) is 0 Å². The van der Waals surface area contributed by atoms with E-state index in [9.17, 15) is 13.5 Å². The van der Waals surface area contributed by atoms with E-state index < -0.39 is 16.1 Å². The summed E-state index contributed by atoms with van der Waals surface area (Å²) in [5, 5.41) is 11.8. The Hall–Kier alpha value is -1.21. The number of rotatable bonds is 8. The van der Waals surface area contributed by atoms with Crippen LogP contribution in [0.2, 0.25) is 0 Å². The fourth-order valence-electron chi connectivity index (χ4n) is 2.16. The Balaban J connectivity index is 1.90. The molecule has 4 nitrogen and oxygen atoms in total. The molecule has 0 aliphatic heterocycles. The van der Waals surface area contributed by atoms with Gasteiger partial charge in [0.25, 0.3) is 0 Å². The Kier molecular flexibility index (Phi) is 6.14. The largest absolute Gasteiger partial charge is 0.388 e. The third kappa shape index (κ3) is 4.64. The molecule has 6 heteroatoms. The molecule has 1 aromatic heterocycles. The van der Waals surface area contributed by atoms with Crippen LogP contribution in [0.15, 0.2) is 46.7 Å². The van der Waals surface area contributed by atoms with Crippen LogP contribution in [-0.4, -0.2) is 20.1 Å². The van der Waals surface area contributed by atoms with E-state index in [4.69, 9.17) is 0 Å². The first-order valence-electron chi connectivity index (χ1n) is 7.33. The van der Waals surface area contributed by atoms with Crippen LogP contribution in [0.1, 0.15) is 36.3 Å². The summed E-state index contributed by atoms with van der Waals surface area (Å²) in [4.78, 5) is 1.11. The molecule has 1 unspecified atom stereocenters. The number of thiophene rings is 1. The lowest BCUT2D eigenvalue weighted by atomic mass is 10.1. The smallest absolute Gasteiger partial charge is 0.240 e. The van der Waals surface area contributed by atoms with Crippen LogP contribution in [-0.2, 0) is 16.4 Å². The van der Waals surface area contributed by atoms with Crippen molar-refractivity contribution in [1.29, 1.82) is 0 Å². The van der Waals surface area contributed by atoms with Gasteiger partial charge in [0, 0.05) is 11.4 Å². The molecule has 22 heavy (non-hydrogen) atoms. The van der Waals surface area contributed by atoms with E-state index >= 15 is 0 Å². The second kappa shape index (κ2) is 7.87. The summed E-state index contributed by atoms with van der Waals surface area (Å²) in [6.07, 6.45) is 1.70. The molecule has 1 heterocycles. The zero-order valence-corrected chi connectivity index (χ0v) is 14.2. The Morgan fingerprint density at radius 2 is 1.95 bits per heavy atom. The normalized spacial score (nSPS) is 13.2. The molecule has 2 aromatic rings. The predicted molar refractivity (Wildman–Crippen MR) is 89.5 cm³/mol. The summed E-state index contributed by atoms with van der Waals surface area (Å²) in [6, 6.07) is 10.7. The van der Waals surface area contributed by atoms with Crippen LogP contribution in [0.5, 0.6) is 0 Å². The van der Waals surface area contributed by atoms with Gasteiger partial charge in [-0.25, -0.2) is 13.1 Å². The van der Waals surface area contributed by atoms with E-state index in [0.29, 0.717) is 6.42 Å². The number of benzene rings is 1. The van der Waals surface area contributed by atoms with Gasteiger partial charge < -0.3 is 5.11 Å². The number of aryl methyl sites for hydroxylation is 1. The molecule has 0 fully saturated rings. The molecule has 2 rings (SSSR count). The highest BCUT2D eigenvalue weighted by atomic mass is 32.2. The van der Waals surface area contributed by atoms with Crippen molar-refractivity contribution in [2.75, 3.05) is 6.54 Å². The number of nitrogens with one attached hydrogen (secondary N) is 1. The zero-order chi connectivity index (χ0) is 16.0. The molecule has 0 amide bonds. The van der Waals surface area contributed by atoms with E-state index in [-0.39, 0.29) is 11.4 Å². The SMILES string of the molecule is CCCc1ccc(S(=O)(=O)NCCC(O)c2cccs2)cc1. The molecule has 1 atom stereocenters. The number of hydrogen-bond donors (Lipinski definition) is 2. The van der Waals surface area contributed by atoms with Gasteiger partial charge in [-0.3, -0.25) is 0 Å². The van der Waals surface area contributed by atoms with E-state index in [1.54, 1.807) is 12.1 Å². The average molecular weight is 339 g/mol. The van der Waals surface area contributed by atoms with Gasteiger partial charge in [0.1, 0.15) is 0 Å². The summed E-state index contributed by atoms with van der Waals surface area (Å²) in [5.41, 5.74) is 1.13. The topological polar surface area (TPSA) is 66.4 Å². The third-order valence-corrected chi connectivity index (χ3v) is 5.80. The van der Waals surface area contributed by atoms with E-state index in [0.717, 1.165) is 23.3 Å². The van der Waals surface area contributed by atoms with E-state index in [2.05, 4.69) is 11.6 Å². The van der Waals surface area contributed by atoms with Crippen molar-refractivity contribution >= 4 is 21.4 Å². The molecule has 0 aliphatic carbocycles. The molecule has 2 N–H and O–H groups in total. The quantitative estimate of drug-likeness (QED) is 0.776. The van der Waals surface area contributed by atoms with Crippen molar-refractivity contribution in [3.8, 4) is 0 Å². The molecule has 0 spiro atoms. The molecule has 0 aliphatic rings. The molecule has 0 radical (unpaired) electrons. The lowest BCUT2D eigenvalue weighted by molar-refractivity contribution is 0.173. The summed E-state index contributed by atoms with van der Waals surface area (Å²) >= 11 is 1.46. The first kappa shape index (κ1) is 17.1. The second-order valence-corrected chi connectivity index (χ2v) is 7.86. The van der Waals surface area contributed by atoms with E-state index in [1.165, 1.54) is 11.3 Å². The van der Waals surface area contributed by atoms with Gasteiger partial charge in [0.05, 0.1) is 11.0 Å². The molecular weight excluding hydrogens is 318 g/mol. The van der Waals surface area contributed by atoms with Crippen molar-refractivity contribution in [3.63, 3.8) is 0 Å². The Bertz CT molecular complexity index is 664. The highest BCUT2D eigenvalue weighted by molar-refractivity contribution is 7.89. The third-order valence-electron chi connectivity index (χ3n) is 3.35. The Morgan fingerprint density at radius 3 is 2.55 bits per heavy atom. The monoisotopic (exact) mass is 339 g/mol. The van der Waals surface area contributed by atoms with Gasteiger partial charge >= 0.3 is 0 Å². The maximum Gasteiger partial charge on any atom is 0.240 e. The van der Waals surface area contributed by atoms with E-state index in [1.807, 2.05) is 29.6 Å². The number of sulfonamides is 1. The summed E-state index contributed by atoms with van der Waals surface area (Å²) in [5.74, 6) is 0. The van der Waals surface area contributed by atoms with Crippen LogP contribution in [0.3, 0.4) is 0 Å². The second-order valence-electron chi connectivity index (χ2n) is 5.11.